The van der Waals surface area contributed by atoms with Crippen LogP contribution in [0, 0.1) is 0 Å². The standard InChI is InChI=1S/C7H10N.C5H9N2.CH4/c1-2-8-6-4-3-5-7-8;1-2-7-4-3-6-5-7;/h3-7H,2H2,1H3;3,5H,2,4H2,1H3;1H4/q2*+1;. The summed E-state index contributed by atoms with van der Waals surface area (Å²) in [7, 11) is 0. The fourth-order valence-electron chi connectivity index (χ4n) is 1.20. The van der Waals surface area contributed by atoms with Gasteiger partial charge < -0.3 is 0 Å². The molecule has 0 amide bonds. The highest BCUT2D eigenvalue weighted by Gasteiger charge is 1.99. The van der Waals surface area contributed by atoms with E-state index in [9.17, 15) is 0 Å². The van der Waals surface area contributed by atoms with E-state index >= 15 is 0 Å². The Bertz CT molecular complexity index is 328. The van der Waals surface area contributed by atoms with Gasteiger partial charge in [0.2, 0.25) is 0 Å². The molecule has 1 aliphatic heterocycles. The lowest BCUT2D eigenvalue weighted by molar-refractivity contribution is -0.693. The molecule has 2 rings (SSSR count). The number of nitrogens with zero attached hydrogens (tertiary/aromatic N) is 3. The number of hydrogen-bond acceptors (Lipinski definition) is 1. The Kier molecular flexibility index (Phi) is 7.94. The average molecular weight is 221 g/mol. The molecular weight excluding hydrogens is 198 g/mol. The van der Waals surface area contributed by atoms with Gasteiger partial charge in [-0.25, -0.2) is 4.57 Å². The summed E-state index contributed by atoms with van der Waals surface area (Å²) in [5.41, 5.74) is 0. The van der Waals surface area contributed by atoms with Crippen LogP contribution in [0.3, 0.4) is 0 Å². The molecule has 0 unspecified atom stereocenters. The van der Waals surface area contributed by atoms with Gasteiger partial charge in [-0.05, 0) is 13.8 Å². The fraction of sp³-hybridized carbons (Fsp3) is 0.462. The first-order valence-corrected chi connectivity index (χ1v) is 5.40. The summed E-state index contributed by atoms with van der Waals surface area (Å²) >= 11 is 0. The van der Waals surface area contributed by atoms with Crippen molar-refractivity contribution in [3.05, 3.63) is 30.6 Å². The Hall–Kier alpha value is -1.51. The second-order valence-corrected chi connectivity index (χ2v) is 3.24. The van der Waals surface area contributed by atoms with Crippen molar-refractivity contribution in [2.24, 2.45) is 4.99 Å². The van der Waals surface area contributed by atoms with Crippen LogP contribution in [-0.4, -0.2) is 30.2 Å². The van der Waals surface area contributed by atoms with E-state index in [1.807, 2.05) is 30.8 Å². The van der Waals surface area contributed by atoms with Gasteiger partial charge in [0.1, 0.15) is 13.1 Å². The molecule has 0 atom stereocenters. The molecule has 0 fully saturated rings. The molecule has 0 N–H and O–H groups in total. The van der Waals surface area contributed by atoms with Crippen molar-refractivity contribution >= 4 is 12.6 Å². The average Bonchev–Trinajstić information content (AvgIpc) is 2.84. The van der Waals surface area contributed by atoms with Gasteiger partial charge in [-0.3, -0.25) is 4.58 Å². The molecule has 3 nitrogen and oxygen atoms in total. The number of pyridine rings is 1. The van der Waals surface area contributed by atoms with Gasteiger partial charge in [-0.1, -0.05) is 18.5 Å². The zero-order valence-electron chi connectivity index (χ0n) is 9.50. The zero-order chi connectivity index (χ0) is 10.9. The van der Waals surface area contributed by atoms with E-state index in [0.29, 0.717) is 0 Å². The minimum absolute atomic E-state index is 0. The van der Waals surface area contributed by atoms with Crippen molar-refractivity contribution in [2.45, 2.75) is 27.8 Å². The largest absolute Gasteiger partial charge is 0.281 e. The van der Waals surface area contributed by atoms with Gasteiger partial charge in [-0.2, -0.15) is 0 Å². The second kappa shape index (κ2) is 8.77. The number of aliphatic imine (C=N–C) groups is 1. The fourth-order valence-corrected chi connectivity index (χ4v) is 1.20. The maximum absolute atomic E-state index is 3.91. The van der Waals surface area contributed by atoms with Crippen molar-refractivity contribution in [3.8, 4) is 0 Å². The lowest BCUT2D eigenvalue weighted by atomic mass is 10.5. The monoisotopic (exact) mass is 221 g/mol. The number of rotatable bonds is 2. The molecule has 1 aromatic heterocycles. The molecule has 0 spiro atoms. The van der Waals surface area contributed by atoms with Crippen molar-refractivity contribution < 1.29 is 9.14 Å². The first kappa shape index (κ1) is 14.5. The summed E-state index contributed by atoms with van der Waals surface area (Å²) in [5, 5.41) is 0. The van der Waals surface area contributed by atoms with Crippen LogP contribution in [0.1, 0.15) is 21.3 Å². The van der Waals surface area contributed by atoms with E-state index in [4.69, 9.17) is 0 Å². The summed E-state index contributed by atoms with van der Waals surface area (Å²) in [6, 6.07) is 6.08. The summed E-state index contributed by atoms with van der Waals surface area (Å²) in [6.45, 7) is 7.36. The Labute approximate surface area is 98.8 Å². The summed E-state index contributed by atoms with van der Waals surface area (Å²) in [6.07, 6.45) is 7.88. The zero-order valence-corrected chi connectivity index (χ0v) is 9.50. The van der Waals surface area contributed by atoms with E-state index in [0.717, 1.165) is 19.6 Å². The van der Waals surface area contributed by atoms with Crippen LogP contribution in [0.2, 0.25) is 0 Å². The SMILES string of the molecule is C.CC[N+]1=CN=CC1.CC[n+]1ccccc1. The first-order valence-electron chi connectivity index (χ1n) is 5.40. The minimum atomic E-state index is 0. The van der Waals surface area contributed by atoms with Gasteiger partial charge in [0.25, 0.3) is 6.34 Å². The molecule has 0 bridgehead atoms. The van der Waals surface area contributed by atoms with Gasteiger partial charge >= 0.3 is 0 Å². The first-order chi connectivity index (χ1) is 7.36. The lowest BCUT2D eigenvalue weighted by Gasteiger charge is -1.87. The van der Waals surface area contributed by atoms with Crippen LogP contribution in [0.15, 0.2) is 35.6 Å². The highest BCUT2D eigenvalue weighted by Crippen LogP contribution is 1.77. The molecular formula is C13H23N3+2. The molecule has 2 heterocycles. The van der Waals surface area contributed by atoms with Gasteiger partial charge in [-0.15, -0.1) is 0 Å². The maximum atomic E-state index is 3.91. The third-order valence-corrected chi connectivity index (χ3v) is 2.20. The van der Waals surface area contributed by atoms with Crippen LogP contribution in [0.4, 0.5) is 0 Å². The van der Waals surface area contributed by atoms with E-state index < -0.39 is 0 Å². The van der Waals surface area contributed by atoms with Gasteiger partial charge in [0, 0.05) is 12.1 Å². The molecule has 88 valence electrons. The molecule has 3 heteroatoms. The molecule has 0 saturated carbocycles. The molecule has 0 aromatic carbocycles. The Morgan fingerprint density at radius 3 is 2.06 bits per heavy atom. The van der Waals surface area contributed by atoms with E-state index in [2.05, 4.69) is 40.4 Å². The van der Waals surface area contributed by atoms with Crippen molar-refractivity contribution in [3.63, 3.8) is 0 Å². The summed E-state index contributed by atoms with van der Waals surface area (Å²) in [4.78, 5) is 3.91. The number of aromatic nitrogens is 1. The van der Waals surface area contributed by atoms with Crippen LogP contribution in [0.25, 0.3) is 0 Å². The van der Waals surface area contributed by atoms with Gasteiger partial charge in [0.05, 0.1) is 6.54 Å². The third kappa shape index (κ3) is 5.39. The second-order valence-electron chi connectivity index (χ2n) is 3.24. The topological polar surface area (TPSA) is 19.2 Å². The smallest absolute Gasteiger partial charge is 0.258 e. The van der Waals surface area contributed by atoms with E-state index in [-0.39, 0.29) is 7.43 Å². The molecule has 1 aliphatic rings. The number of hydrogen-bond donors (Lipinski definition) is 0. The Morgan fingerprint density at radius 2 is 1.75 bits per heavy atom. The summed E-state index contributed by atoms with van der Waals surface area (Å²) < 4.78 is 4.26. The molecule has 16 heavy (non-hydrogen) atoms. The molecule has 1 aromatic rings. The predicted octanol–water partition coefficient (Wildman–Crippen LogP) is 1.76. The molecule has 0 aliphatic carbocycles. The predicted molar refractivity (Wildman–Crippen MR) is 69.3 cm³/mol. The van der Waals surface area contributed by atoms with Gasteiger partial charge in [0.15, 0.2) is 18.6 Å². The van der Waals surface area contributed by atoms with Crippen LogP contribution >= 0.6 is 0 Å². The Balaban J connectivity index is 0.000000267. The van der Waals surface area contributed by atoms with Crippen LogP contribution < -0.4 is 4.57 Å². The highest BCUT2D eigenvalue weighted by atomic mass is 15.1. The minimum Gasteiger partial charge on any atom is -0.258 e. The molecule has 0 saturated heterocycles. The van der Waals surface area contributed by atoms with E-state index in [1.54, 1.807) is 0 Å². The van der Waals surface area contributed by atoms with Crippen LogP contribution in [0.5, 0.6) is 0 Å². The maximum Gasteiger partial charge on any atom is 0.281 e. The summed E-state index contributed by atoms with van der Waals surface area (Å²) in [5.74, 6) is 0. The lowest BCUT2D eigenvalue weighted by Crippen LogP contribution is -2.30. The normalized spacial score (nSPS) is 12.2. The van der Waals surface area contributed by atoms with Crippen molar-refractivity contribution in [2.75, 3.05) is 13.1 Å². The van der Waals surface area contributed by atoms with Crippen molar-refractivity contribution in [1.29, 1.82) is 0 Å². The number of aryl methyl sites for hydroxylation is 1. The third-order valence-electron chi connectivity index (χ3n) is 2.20. The van der Waals surface area contributed by atoms with Crippen molar-refractivity contribution in [1.82, 2.24) is 0 Å². The Morgan fingerprint density at radius 1 is 1.06 bits per heavy atom. The quantitative estimate of drug-likeness (QED) is 0.678. The van der Waals surface area contributed by atoms with Crippen LogP contribution in [-0.2, 0) is 6.54 Å². The van der Waals surface area contributed by atoms with E-state index in [1.165, 1.54) is 0 Å². The molecule has 0 radical (unpaired) electrons. The highest BCUT2D eigenvalue weighted by molar-refractivity contribution is 5.74.